The van der Waals surface area contributed by atoms with Crippen molar-refractivity contribution in [1.82, 2.24) is 4.98 Å². The second-order valence-electron chi connectivity index (χ2n) is 9.61. The molecule has 0 amide bonds. The van der Waals surface area contributed by atoms with Gasteiger partial charge in [0.25, 0.3) is 0 Å². The predicted molar refractivity (Wildman–Crippen MR) is 143 cm³/mol. The molecule has 1 aliphatic heterocycles. The third kappa shape index (κ3) is 3.26. The zero-order valence-electron chi connectivity index (χ0n) is 19.9. The molecular weight excluding hydrogens is 458 g/mol. The number of Topliss-reactive ketones (excluding diaryl/α,β-unsaturated/α-hetero) is 1. The van der Waals surface area contributed by atoms with Crippen LogP contribution in [-0.2, 0) is 9.53 Å². The van der Waals surface area contributed by atoms with Crippen LogP contribution in [-0.4, -0.2) is 28.3 Å². The van der Waals surface area contributed by atoms with Gasteiger partial charge in [-0.3, -0.25) is 9.59 Å². The van der Waals surface area contributed by atoms with Gasteiger partial charge >= 0.3 is 0 Å². The van der Waals surface area contributed by atoms with E-state index in [1.54, 1.807) is 18.2 Å². The Morgan fingerprint density at radius 3 is 2.11 bits per heavy atom. The normalized spacial score (nSPS) is 22.4. The van der Waals surface area contributed by atoms with E-state index in [4.69, 9.17) is 4.74 Å². The highest BCUT2D eigenvalue weighted by Gasteiger charge is 2.70. The molecule has 4 nitrogen and oxygen atoms in total. The lowest BCUT2D eigenvalue weighted by atomic mass is 9.75. The van der Waals surface area contributed by atoms with Crippen molar-refractivity contribution >= 4 is 28.0 Å². The maximum Gasteiger partial charge on any atom is 0.195 e. The first-order valence-electron chi connectivity index (χ1n) is 12.4. The average molecular weight is 482 g/mol. The van der Waals surface area contributed by atoms with Gasteiger partial charge in [-0.1, -0.05) is 109 Å². The lowest BCUT2D eigenvalue weighted by Crippen LogP contribution is -2.36. The lowest BCUT2D eigenvalue weighted by Gasteiger charge is -2.23. The maximum atomic E-state index is 14.2. The number of carbonyl (C=O) groups excluding carboxylic acids is 2. The standard InChI is InChI=1S/C33H23NO3/c35-27-20-25(21-12-4-1-5-13-21)30-28(24-18-10-11-19-26(24)34-30)29(22-14-6-2-7-15-22)33(27)32(37-33)31(36)23-16-8-3-9-17-23/h1-20,29,32,34H/t29-,32?,33-/m1/s1. The summed E-state index contributed by atoms with van der Waals surface area (Å²) in [6, 6.07) is 37.0. The average Bonchev–Trinajstić information content (AvgIpc) is 3.62. The summed E-state index contributed by atoms with van der Waals surface area (Å²) < 4.78 is 6.32. The van der Waals surface area contributed by atoms with Crippen molar-refractivity contribution in [2.24, 2.45) is 0 Å². The number of para-hydroxylation sites is 1. The first kappa shape index (κ1) is 21.7. The molecular formula is C33H23NO3. The summed E-state index contributed by atoms with van der Waals surface area (Å²) in [5.41, 5.74) is 4.72. The van der Waals surface area contributed by atoms with Gasteiger partial charge in [-0.15, -0.1) is 0 Å². The van der Waals surface area contributed by atoms with Crippen molar-refractivity contribution < 1.29 is 14.3 Å². The Balaban J connectivity index is 1.52. The second-order valence-corrected chi connectivity index (χ2v) is 9.61. The molecule has 4 heteroatoms. The number of fused-ring (bicyclic) bond motifs is 3. The van der Waals surface area contributed by atoms with Gasteiger partial charge in [0.05, 0.1) is 11.6 Å². The first-order chi connectivity index (χ1) is 18.2. The number of aromatic amines is 1. The molecule has 1 aromatic heterocycles. The molecule has 2 aliphatic rings. The summed E-state index contributed by atoms with van der Waals surface area (Å²) in [7, 11) is 0. The van der Waals surface area contributed by atoms with Gasteiger partial charge in [-0.25, -0.2) is 0 Å². The lowest BCUT2D eigenvalue weighted by molar-refractivity contribution is -0.119. The number of benzene rings is 4. The second kappa shape index (κ2) is 8.26. The van der Waals surface area contributed by atoms with Gasteiger partial charge in [0.2, 0.25) is 0 Å². The fourth-order valence-corrected chi connectivity index (χ4v) is 5.82. The zero-order valence-corrected chi connectivity index (χ0v) is 19.9. The Bertz CT molecular complexity index is 1690. The Morgan fingerprint density at radius 1 is 0.757 bits per heavy atom. The Labute approximate surface area is 214 Å². The number of ether oxygens (including phenoxy) is 1. The highest BCUT2D eigenvalue weighted by Crippen LogP contribution is 2.57. The summed E-state index contributed by atoms with van der Waals surface area (Å²) in [5.74, 6) is -0.835. The predicted octanol–water partition coefficient (Wildman–Crippen LogP) is 6.33. The molecule has 1 N–H and O–H groups in total. The molecule has 1 unspecified atom stereocenters. The third-order valence-electron chi connectivity index (χ3n) is 7.55. The molecule has 3 atom stereocenters. The molecule has 1 aliphatic carbocycles. The Hall–Kier alpha value is -4.54. The molecule has 1 fully saturated rings. The van der Waals surface area contributed by atoms with Crippen molar-refractivity contribution in [3.8, 4) is 0 Å². The van der Waals surface area contributed by atoms with E-state index in [1.807, 2.05) is 97.1 Å². The number of nitrogens with one attached hydrogen (secondary N) is 1. The van der Waals surface area contributed by atoms with Crippen LogP contribution in [0.2, 0.25) is 0 Å². The number of aromatic nitrogens is 1. The molecule has 178 valence electrons. The fraction of sp³-hybridized carbons (Fsp3) is 0.0909. The Kier molecular flexibility index (Phi) is 4.85. The monoisotopic (exact) mass is 481 g/mol. The topological polar surface area (TPSA) is 62.5 Å². The highest BCUT2D eigenvalue weighted by atomic mass is 16.6. The van der Waals surface area contributed by atoms with Crippen LogP contribution < -0.4 is 0 Å². The molecule has 1 saturated heterocycles. The molecule has 2 heterocycles. The SMILES string of the molecule is O=C(c1ccccc1)C1O[C@@]12C(=O)C=C(c1ccccc1)c1[nH]c3ccccc3c1[C@H]2c1ccccc1. The van der Waals surface area contributed by atoms with E-state index in [1.165, 1.54) is 0 Å². The fourth-order valence-electron chi connectivity index (χ4n) is 5.82. The van der Waals surface area contributed by atoms with Crippen molar-refractivity contribution in [2.45, 2.75) is 17.6 Å². The van der Waals surface area contributed by atoms with E-state index < -0.39 is 17.6 Å². The number of rotatable bonds is 4. The summed E-state index contributed by atoms with van der Waals surface area (Å²) in [6.07, 6.45) is 0.797. The van der Waals surface area contributed by atoms with E-state index >= 15 is 0 Å². The quantitative estimate of drug-likeness (QED) is 0.241. The van der Waals surface area contributed by atoms with E-state index in [2.05, 4.69) is 11.1 Å². The molecule has 4 aromatic carbocycles. The minimum Gasteiger partial charge on any atom is -0.354 e. The van der Waals surface area contributed by atoms with Crippen LogP contribution in [0.15, 0.2) is 121 Å². The van der Waals surface area contributed by atoms with Crippen molar-refractivity contribution in [2.75, 3.05) is 0 Å². The van der Waals surface area contributed by atoms with Crippen LogP contribution in [0.5, 0.6) is 0 Å². The van der Waals surface area contributed by atoms with Crippen LogP contribution >= 0.6 is 0 Å². The highest BCUT2D eigenvalue weighted by molar-refractivity contribution is 6.16. The molecule has 7 rings (SSSR count). The molecule has 37 heavy (non-hydrogen) atoms. The molecule has 0 saturated carbocycles. The third-order valence-corrected chi connectivity index (χ3v) is 7.55. The smallest absolute Gasteiger partial charge is 0.195 e. The molecule has 5 aromatic rings. The van der Waals surface area contributed by atoms with Crippen molar-refractivity contribution in [1.29, 1.82) is 0 Å². The van der Waals surface area contributed by atoms with Crippen LogP contribution in [0.4, 0.5) is 0 Å². The van der Waals surface area contributed by atoms with Crippen molar-refractivity contribution in [3.63, 3.8) is 0 Å². The molecule has 1 spiro atoms. The van der Waals surface area contributed by atoms with Crippen LogP contribution in [0.3, 0.4) is 0 Å². The van der Waals surface area contributed by atoms with E-state index in [9.17, 15) is 9.59 Å². The Morgan fingerprint density at radius 2 is 1.38 bits per heavy atom. The number of hydrogen-bond acceptors (Lipinski definition) is 3. The number of H-pyrrole nitrogens is 1. The van der Waals surface area contributed by atoms with Crippen LogP contribution in [0.1, 0.15) is 38.7 Å². The van der Waals surface area contributed by atoms with E-state index in [-0.39, 0.29) is 11.6 Å². The zero-order chi connectivity index (χ0) is 25.0. The van der Waals surface area contributed by atoms with Gasteiger partial charge in [0.15, 0.2) is 23.3 Å². The van der Waals surface area contributed by atoms with Gasteiger partial charge in [-0.05, 0) is 28.8 Å². The largest absolute Gasteiger partial charge is 0.354 e. The maximum absolute atomic E-state index is 14.2. The van der Waals surface area contributed by atoms with Crippen LogP contribution in [0, 0.1) is 0 Å². The number of carbonyl (C=O) groups is 2. The van der Waals surface area contributed by atoms with Gasteiger partial charge < -0.3 is 9.72 Å². The minimum absolute atomic E-state index is 0.173. The molecule has 0 radical (unpaired) electrons. The summed E-state index contributed by atoms with van der Waals surface area (Å²) in [6.45, 7) is 0. The summed E-state index contributed by atoms with van der Waals surface area (Å²) in [4.78, 5) is 31.5. The summed E-state index contributed by atoms with van der Waals surface area (Å²) in [5, 5.41) is 1.02. The van der Waals surface area contributed by atoms with E-state index in [0.717, 1.165) is 38.9 Å². The van der Waals surface area contributed by atoms with Gasteiger partial charge in [0.1, 0.15) is 0 Å². The number of epoxide rings is 1. The van der Waals surface area contributed by atoms with Crippen molar-refractivity contribution in [3.05, 3.63) is 149 Å². The van der Waals surface area contributed by atoms with Gasteiger partial charge in [-0.2, -0.15) is 0 Å². The number of ketones is 2. The minimum atomic E-state index is -1.33. The number of hydrogen-bond donors (Lipinski definition) is 1. The van der Waals surface area contributed by atoms with E-state index in [0.29, 0.717) is 5.56 Å². The summed E-state index contributed by atoms with van der Waals surface area (Å²) >= 11 is 0. The first-order valence-corrected chi connectivity index (χ1v) is 12.4. The van der Waals surface area contributed by atoms with Crippen LogP contribution in [0.25, 0.3) is 16.5 Å². The van der Waals surface area contributed by atoms with Gasteiger partial charge in [0, 0.05) is 22.0 Å². The molecule has 0 bridgehead atoms.